The molecule has 0 radical (unpaired) electrons. The van der Waals surface area contributed by atoms with Gasteiger partial charge in [0.1, 0.15) is 0 Å². The summed E-state index contributed by atoms with van der Waals surface area (Å²) in [6.45, 7) is 6.51. The fourth-order valence-corrected chi connectivity index (χ4v) is 3.08. The summed E-state index contributed by atoms with van der Waals surface area (Å²) in [6, 6.07) is 8.51. The largest absolute Gasteiger partial charge is 0.481 e. The molecule has 1 unspecified atom stereocenters. The number of likely N-dealkylation sites (tertiary alicyclic amines) is 1. The van der Waals surface area contributed by atoms with Crippen LogP contribution in [0.5, 0.6) is 0 Å². The van der Waals surface area contributed by atoms with E-state index in [0.717, 1.165) is 19.4 Å². The van der Waals surface area contributed by atoms with E-state index in [4.69, 9.17) is 5.11 Å². The smallest absolute Gasteiger partial charge is 0.307 e. The van der Waals surface area contributed by atoms with Crippen LogP contribution in [0.3, 0.4) is 0 Å². The van der Waals surface area contributed by atoms with Crippen LogP contribution in [0.1, 0.15) is 43.7 Å². The summed E-state index contributed by atoms with van der Waals surface area (Å²) in [5.74, 6) is -0.603. The molecule has 5 nitrogen and oxygen atoms in total. The van der Waals surface area contributed by atoms with Crippen LogP contribution in [0.2, 0.25) is 0 Å². The SMILES string of the molecule is CC(C)c1ccc(CCNC(=O)CN2CCCC(C(=O)O)C2)cc1. The standard InChI is InChI=1S/C19H28N2O3/c1-14(2)16-7-5-15(6-8-16)9-10-20-18(22)13-21-11-3-4-17(12-21)19(23)24/h5-8,14,17H,3-4,9-13H2,1-2H3,(H,20,22)(H,23,24). The first-order valence-electron chi connectivity index (χ1n) is 8.76. The number of piperidine rings is 1. The van der Waals surface area contributed by atoms with Gasteiger partial charge in [-0.1, -0.05) is 38.1 Å². The molecule has 1 saturated heterocycles. The third-order valence-corrected chi connectivity index (χ3v) is 4.60. The number of carboxylic acid groups (broad SMARTS) is 1. The van der Waals surface area contributed by atoms with Gasteiger partial charge >= 0.3 is 5.97 Å². The number of nitrogens with one attached hydrogen (secondary N) is 1. The van der Waals surface area contributed by atoms with E-state index in [1.165, 1.54) is 11.1 Å². The van der Waals surface area contributed by atoms with Crippen LogP contribution in [0.4, 0.5) is 0 Å². The minimum absolute atomic E-state index is 0.0279. The average Bonchev–Trinajstić information content (AvgIpc) is 2.55. The van der Waals surface area contributed by atoms with Crippen molar-refractivity contribution in [2.45, 2.75) is 39.0 Å². The van der Waals surface area contributed by atoms with Gasteiger partial charge in [-0.05, 0) is 42.9 Å². The van der Waals surface area contributed by atoms with Crippen molar-refractivity contribution < 1.29 is 14.7 Å². The van der Waals surface area contributed by atoms with Gasteiger partial charge in [0.2, 0.25) is 5.91 Å². The predicted octanol–water partition coefficient (Wildman–Crippen LogP) is 2.27. The van der Waals surface area contributed by atoms with Crippen molar-refractivity contribution in [1.29, 1.82) is 0 Å². The first kappa shape index (κ1) is 18.5. The Balaban J connectivity index is 1.70. The molecule has 0 saturated carbocycles. The number of nitrogens with zero attached hydrogens (tertiary/aromatic N) is 1. The van der Waals surface area contributed by atoms with Crippen LogP contribution in [0.15, 0.2) is 24.3 Å². The topological polar surface area (TPSA) is 69.6 Å². The molecule has 0 aromatic heterocycles. The molecule has 2 N–H and O–H groups in total. The predicted molar refractivity (Wildman–Crippen MR) is 94.0 cm³/mol. The zero-order valence-corrected chi connectivity index (χ0v) is 14.6. The number of aliphatic carboxylic acids is 1. The highest BCUT2D eigenvalue weighted by Crippen LogP contribution is 2.16. The molecule has 5 heteroatoms. The normalized spacial score (nSPS) is 18.5. The van der Waals surface area contributed by atoms with Crippen LogP contribution >= 0.6 is 0 Å². The molecule has 1 amide bonds. The number of amides is 1. The molecular formula is C19H28N2O3. The van der Waals surface area contributed by atoms with Gasteiger partial charge in [0, 0.05) is 13.1 Å². The maximum Gasteiger partial charge on any atom is 0.307 e. The number of carbonyl (C=O) groups excluding carboxylic acids is 1. The Kier molecular flexibility index (Phi) is 6.79. The van der Waals surface area contributed by atoms with Crippen molar-refractivity contribution in [2.24, 2.45) is 5.92 Å². The molecule has 0 aliphatic carbocycles. The quantitative estimate of drug-likeness (QED) is 0.803. The van der Waals surface area contributed by atoms with Gasteiger partial charge in [-0.15, -0.1) is 0 Å². The van der Waals surface area contributed by atoms with Gasteiger partial charge in [0.25, 0.3) is 0 Å². The summed E-state index contributed by atoms with van der Waals surface area (Å²) in [4.78, 5) is 25.0. The van der Waals surface area contributed by atoms with E-state index < -0.39 is 5.97 Å². The highest BCUT2D eigenvalue weighted by molar-refractivity contribution is 5.78. The molecule has 2 rings (SSSR count). The van der Waals surface area contributed by atoms with Crippen LogP contribution in [0.25, 0.3) is 0 Å². The zero-order chi connectivity index (χ0) is 17.5. The maximum absolute atomic E-state index is 12.0. The van der Waals surface area contributed by atoms with Crippen molar-refractivity contribution >= 4 is 11.9 Å². The molecule has 1 heterocycles. The third kappa shape index (κ3) is 5.64. The summed E-state index contributed by atoms with van der Waals surface area (Å²) < 4.78 is 0. The zero-order valence-electron chi connectivity index (χ0n) is 14.6. The molecule has 1 fully saturated rings. The number of benzene rings is 1. The number of carbonyl (C=O) groups is 2. The van der Waals surface area contributed by atoms with Gasteiger partial charge in [-0.3, -0.25) is 14.5 Å². The lowest BCUT2D eigenvalue weighted by molar-refractivity contribution is -0.144. The molecule has 24 heavy (non-hydrogen) atoms. The summed E-state index contributed by atoms with van der Waals surface area (Å²) in [5.41, 5.74) is 2.53. The molecule has 0 bridgehead atoms. The second-order valence-corrected chi connectivity index (χ2v) is 6.91. The van der Waals surface area contributed by atoms with Gasteiger partial charge in [0.15, 0.2) is 0 Å². The molecule has 1 aliphatic rings. The molecule has 132 valence electrons. The van der Waals surface area contributed by atoms with Crippen molar-refractivity contribution in [3.8, 4) is 0 Å². The maximum atomic E-state index is 12.0. The van der Waals surface area contributed by atoms with E-state index in [1.54, 1.807) is 0 Å². The second-order valence-electron chi connectivity index (χ2n) is 6.91. The van der Waals surface area contributed by atoms with Crippen LogP contribution in [0, 0.1) is 5.92 Å². The lowest BCUT2D eigenvalue weighted by Gasteiger charge is -2.29. The lowest BCUT2D eigenvalue weighted by Crippen LogP contribution is -2.44. The van der Waals surface area contributed by atoms with Gasteiger partial charge < -0.3 is 10.4 Å². The van der Waals surface area contributed by atoms with Crippen molar-refractivity contribution in [3.05, 3.63) is 35.4 Å². The van der Waals surface area contributed by atoms with Gasteiger partial charge in [-0.2, -0.15) is 0 Å². The van der Waals surface area contributed by atoms with Gasteiger partial charge in [0.05, 0.1) is 12.5 Å². The van der Waals surface area contributed by atoms with E-state index in [9.17, 15) is 9.59 Å². The second kappa shape index (κ2) is 8.83. The van der Waals surface area contributed by atoms with Crippen molar-refractivity contribution in [1.82, 2.24) is 10.2 Å². The van der Waals surface area contributed by atoms with Crippen LogP contribution in [-0.2, 0) is 16.0 Å². The first-order chi connectivity index (χ1) is 11.5. The minimum atomic E-state index is -0.759. The minimum Gasteiger partial charge on any atom is -0.481 e. The van der Waals surface area contributed by atoms with E-state index in [-0.39, 0.29) is 18.4 Å². The van der Waals surface area contributed by atoms with Crippen molar-refractivity contribution in [3.63, 3.8) is 0 Å². The van der Waals surface area contributed by atoms with E-state index in [1.807, 2.05) is 4.90 Å². The lowest BCUT2D eigenvalue weighted by atomic mass is 9.98. The summed E-state index contributed by atoms with van der Waals surface area (Å²) in [6.07, 6.45) is 2.36. The highest BCUT2D eigenvalue weighted by atomic mass is 16.4. The molecular weight excluding hydrogens is 304 g/mol. The first-order valence-corrected chi connectivity index (χ1v) is 8.76. The number of hydrogen-bond donors (Lipinski definition) is 2. The monoisotopic (exact) mass is 332 g/mol. The average molecular weight is 332 g/mol. The number of hydrogen-bond acceptors (Lipinski definition) is 3. The fraction of sp³-hybridized carbons (Fsp3) is 0.579. The van der Waals surface area contributed by atoms with Crippen LogP contribution < -0.4 is 5.32 Å². The van der Waals surface area contributed by atoms with E-state index >= 15 is 0 Å². The fourth-order valence-electron chi connectivity index (χ4n) is 3.08. The van der Waals surface area contributed by atoms with Gasteiger partial charge in [-0.25, -0.2) is 0 Å². The van der Waals surface area contributed by atoms with E-state index in [0.29, 0.717) is 25.4 Å². The van der Waals surface area contributed by atoms with Crippen LogP contribution in [-0.4, -0.2) is 48.1 Å². The number of carboxylic acids is 1. The Bertz CT molecular complexity index is 554. The van der Waals surface area contributed by atoms with Crippen molar-refractivity contribution in [2.75, 3.05) is 26.2 Å². The third-order valence-electron chi connectivity index (χ3n) is 4.60. The number of rotatable bonds is 7. The molecule has 1 aliphatic heterocycles. The van der Waals surface area contributed by atoms with E-state index in [2.05, 4.69) is 43.4 Å². The summed E-state index contributed by atoms with van der Waals surface area (Å²) in [5, 5.41) is 12.0. The summed E-state index contributed by atoms with van der Waals surface area (Å²) >= 11 is 0. The molecule has 1 aromatic carbocycles. The molecule has 1 atom stereocenters. The Morgan fingerprint density at radius 1 is 1.29 bits per heavy atom. The highest BCUT2D eigenvalue weighted by Gasteiger charge is 2.26. The Labute approximate surface area is 144 Å². The molecule has 0 spiro atoms. The summed E-state index contributed by atoms with van der Waals surface area (Å²) in [7, 11) is 0. The Hall–Kier alpha value is -1.88. The molecule has 1 aromatic rings. The Morgan fingerprint density at radius 3 is 2.62 bits per heavy atom. The Morgan fingerprint density at radius 2 is 2.00 bits per heavy atom.